The molecule has 5 nitrogen and oxygen atoms in total. The molecule has 0 radical (unpaired) electrons. The summed E-state index contributed by atoms with van der Waals surface area (Å²) in [6.07, 6.45) is 0.278. The average Bonchev–Trinajstić information content (AvgIpc) is 2.86. The average molecular weight is 364 g/mol. The molecule has 0 aromatic heterocycles. The van der Waals surface area contributed by atoms with E-state index in [1.807, 2.05) is 0 Å². The molecule has 0 fully saturated rings. The Hall–Kier alpha value is -1.90. The Balaban J connectivity index is 2.44. The summed E-state index contributed by atoms with van der Waals surface area (Å²) >= 11 is 0. The van der Waals surface area contributed by atoms with Crippen LogP contribution in [0.5, 0.6) is 0 Å². The molecule has 0 unspecified atom stereocenters. The van der Waals surface area contributed by atoms with Crippen molar-refractivity contribution in [1.82, 2.24) is 0 Å². The zero-order valence-corrected chi connectivity index (χ0v) is 13.6. The minimum Gasteiger partial charge on any atom is -0.466 e. The fraction of sp³-hybridized carbons (Fsp3) is 0.467. The van der Waals surface area contributed by atoms with E-state index in [2.05, 4.69) is 0 Å². The number of carbonyl (C=O) groups excluding carboxylic acids is 2. The molecule has 0 heterocycles. The number of Topliss-reactive ketones (excluding diaryl/α,β-unsaturated/α-hetero) is 1. The lowest BCUT2D eigenvalue weighted by Gasteiger charge is -2.14. The van der Waals surface area contributed by atoms with Crippen LogP contribution in [0.3, 0.4) is 0 Å². The molecule has 1 aliphatic carbocycles. The quantitative estimate of drug-likeness (QED) is 0.751. The van der Waals surface area contributed by atoms with E-state index in [-0.39, 0.29) is 37.9 Å². The molecular formula is C15H15F3O5S. The summed E-state index contributed by atoms with van der Waals surface area (Å²) in [6.45, 7) is 1.85. The van der Waals surface area contributed by atoms with Crippen LogP contribution in [0, 0.1) is 0 Å². The van der Waals surface area contributed by atoms with E-state index >= 15 is 0 Å². The molecule has 0 amide bonds. The zero-order valence-electron chi connectivity index (χ0n) is 12.8. The summed E-state index contributed by atoms with van der Waals surface area (Å²) in [7, 11) is -5.60. The maximum absolute atomic E-state index is 12.8. The maximum Gasteiger partial charge on any atom is 0.501 e. The highest BCUT2D eigenvalue weighted by molar-refractivity contribution is 7.92. The predicted molar refractivity (Wildman–Crippen MR) is 77.3 cm³/mol. The zero-order chi connectivity index (χ0) is 18.1. The number of ketones is 1. The molecule has 0 spiro atoms. The number of hydrogen-bond donors (Lipinski definition) is 0. The lowest BCUT2D eigenvalue weighted by molar-refractivity contribution is -0.143. The molecule has 9 heteroatoms. The molecule has 0 atom stereocenters. The molecule has 0 bridgehead atoms. The first kappa shape index (κ1) is 18.4. The van der Waals surface area contributed by atoms with Gasteiger partial charge in [0.25, 0.3) is 9.84 Å². The third kappa shape index (κ3) is 3.31. The lowest BCUT2D eigenvalue weighted by Crippen LogP contribution is -2.25. The van der Waals surface area contributed by atoms with Crippen molar-refractivity contribution in [2.24, 2.45) is 0 Å². The molecule has 0 saturated heterocycles. The standard InChI is InChI=1S/C15H15F3O5S/c1-2-23-13(20)8-4-9-3-7-12(24(21,22)15(16,17)18)14-10(9)5-6-11(14)19/h3,7H,2,4-6,8H2,1H3. The Morgan fingerprint density at radius 1 is 1.25 bits per heavy atom. The van der Waals surface area contributed by atoms with Crippen molar-refractivity contribution in [3.8, 4) is 0 Å². The van der Waals surface area contributed by atoms with Gasteiger partial charge < -0.3 is 4.74 Å². The molecule has 0 aliphatic heterocycles. The van der Waals surface area contributed by atoms with Gasteiger partial charge >= 0.3 is 11.5 Å². The van der Waals surface area contributed by atoms with Gasteiger partial charge in [-0.25, -0.2) is 8.42 Å². The van der Waals surface area contributed by atoms with Crippen molar-refractivity contribution in [1.29, 1.82) is 0 Å². The fourth-order valence-corrected chi connectivity index (χ4v) is 3.68. The van der Waals surface area contributed by atoms with Crippen LogP contribution in [0.15, 0.2) is 17.0 Å². The SMILES string of the molecule is CCOC(=O)CCc1ccc(S(=O)(=O)C(F)(F)F)c2c1CCC2=O. The third-order valence-electron chi connectivity index (χ3n) is 3.75. The number of carbonyl (C=O) groups is 2. The van der Waals surface area contributed by atoms with Crippen molar-refractivity contribution in [2.45, 2.75) is 43.0 Å². The van der Waals surface area contributed by atoms with Gasteiger partial charge in [0.1, 0.15) is 0 Å². The Bertz CT molecular complexity index is 781. The largest absolute Gasteiger partial charge is 0.501 e. The molecule has 0 saturated carbocycles. The van der Waals surface area contributed by atoms with E-state index < -0.39 is 37.6 Å². The number of sulfone groups is 1. The molecule has 2 rings (SSSR count). The van der Waals surface area contributed by atoms with Crippen LogP contribution >= 0.6 is 0 Å². The Morgan fingerprint density at radius 3 is 2.50 bits per heavy atom. The molecule has 1 aromatic rings. The molecule has 1 aromatic carbocycles. The van der Waals surface area contributed by atoms with Gasteiger partial charge in [0.05, 0.1) is 11.5 Å². The predicted octanol–water partition coefficient (Wildman–Crippen LogP) is 2.60. The van der Waals surface area contributed by atoms with Crippen molar-refractivity contribution in [2.75, 3.05) is 6.61 Å². The van der Waals surface area contributed by atoms with Crippen molar-refractivity contribution in [3.05, 3.63) is 28.8 Å². The first-order chi connectivity index (χ1) is 11.1. The number of fused-ring (bicyclic) bond motifs is 1. The Morgan fingerprint density at radius 2 is 1.92 bits per heavy atom. The van der Waals surface area contributed by atoms with E-state index in [4.69, 9.17) is 4.74 Å². The third-order valence-corrected chi connectivity index (χ3v) is 5.28. The van der Waals surface area contributed by atoms with Crippen molar-refractivity contribution < 1.29 is 35.9 Å². The first-order valence-electron chi connectivity index (χ1n) is 7.24. The summed E-state index contributed by atoms with van der Waals surface area (Å²) in [5.41, 5.74) is -5.11. The summed E-state index contributed by atoms with van der Waals surface area (Å²) in [5.74, 6) is -1.10. The maximum atomic E-state index is 12.8. The van der Waals surface area contributed by atoms with Crippen molar-refractivity contribution >= 4 is 21.6 Å². The second-order valence-electron chi connectivity index (χ2n) is 5.25. The highest BCUT2D eigenvalue weighted by Crippen LogP contribution is 2.37. The molecular weight excluding hydrogens is 349 g/mol. The molecule has 24 heavy (non-hydrogen) atoms. The summed E-state index contributed by atoms with van der Waals surface area (Å²) < 4.78 is 66.5. The van der Waals surface area contributed by atoms with Crippen LogP contribution in [0.2, 0.25) is 0 Å². The lowest BCUT2D eigenvalue weighted by atomic mass is 9.99. The number of rotatable bonds is 5. The van der Waals surface area contributed by atoms with Gasteiger partial charge in [0.2, 0.25) is 0 Å². The number of halogens is 3. The molecule has 132 valence electrons. The van der Waals surface area contributed by atoms with Gasteiger partial charge in [0.15, 0.2) is 5.78 Å². The van der Waals surface area contributed by atoms with Crippen LogP contribution in [0.4, 0.5) is 13.2 Å². The van der Waals surface area contributed by atoms with E-state index in [0.29, 0.717) is 5.56 Å². The molecule has 0 N–H and O–H groups in total. The van der Waals surface area contributed by atoms with Gasteiger partial charge in [-0.1, -0.05) is 6.07 Å². The van der Waals surface area contributed by atoms with Gasteiger partial charge in [-0.15, -0.1) is 0 Å². The smallest absolute Gasteiger partial charge is 0.466 e. The number of esters is 1. The second-order valence-corrected chi connectivity index (χ2v) is 7.16. The summed E-state index contributed by atoms with van der Waals surface area (Å²) in [6, 6.07) is 2.03. The monoisotopic (exact) mass is 364 g/mol. The minimum absolute atomic E-state index is 0.000161. The van der Waals surface area contributed by atoms with Gasteiger partial charge in [-0.3, -0.25) is 9.59 Å². The summed E-state index contributed by atoms with van der Waals surface area (Å²) in [5, 5.41) is 0. The Kier molecular flexibility index (Phi) is 5.03. The van der Waals surface area contributed by atoms with E-state index in [1.54, 1.807) is 6.92 Å². The summed E-state index contributed by atoms with van der Waals surface area (Å²) in [4.78, 5) is 22.3. The van der Waals surface area contributed by atoms with Crippen LogP contribution in [0.25, 0.3) is 0 Å². The van der Waals surface area contributed by atoms with Crippen LogP contribution in [0.1, 0.15) is 41.3 Å². The van der Waals surface area contributed by atoms with E-state index in [1.165, 1.54) is 6.07 Å². The molecule has 1 aliphatic rings. The Labute approximate surface area is 136 Å². The first-order valence-corrected chi connectivity index (χ1v) is 8.72. The topological polar surface area (TPSA) is 77.5 Å². The highest BCUT2D eigenvalue weighted by Gasteiger charge is 2.49. The second kappa shape index (κ2) is 6.54. The van der Waals surface area contributed by atoms with Gasteiger partial charge in [-0.05, 0) is 37.0 Å². The fourth-order valence-electron chi connectivity index (χ4n) is 2.68. The minimum atomic E-state index is -5.60. The van der Waals surface area contributed by atoms with Crippen LogP contribution < -0.4 is 0 Å². The number of benzene rings is 1. The van der Waals surface area contributed by atoms with E-state index in [9.17, 15) is 31.2 Å². The highest BCUT2D eigenvalue weighted by atomic mass is 32.2. The van der Waals surface area contributed by atoms with E-state index in [0.717, 1.165) is 6.07 Å². The van der Waals surface area contributed by atoms with Gasteiger partial charge in [-0.2, -0.15) is 13.2 Å². The van der Waals surface area contributed by atoms with Crippen LogP contribution in [-0.2, 0) is 32.2 Å². The normalized spacial score (nSPS) is 14.6. The number of alkyl halides is 3. The number of aryl methyl sites for hydroxylation is 1. The van der Waals surface area contributed by atoms with Crippen LogP contribution in [-0.4, -0.2) is 32.3 Å². The number of hydrogen-bond acceptors (Lipinski definition) is 5. The number of ether oxygens (including phenoxy) is 1. The van der Waals surface area contributed by atoms with Gasteiger partial charge in [0, 0.05) is 18.4 Å². The van der Waals surface area contributed by atoms with Crippen molar-refractivity contribution in [3.63, 3.8) is 0 Å².